The van der Waals surface area contributed by atoms with Crippen LogP contribution in [0.1, 0.15) is 21.6 Å². The number of rotatable bonds is 4. The van der Waals surface area contributed by atoms with Crippen LogP contribution in [0.2, 0.25) is 5.02 Å². The van der Waals surface area contributed by atoms with Crippen molar-refractivity contribution in [2.75, 3.05) is 0 Å². The van der Waals surface area contributed by atoms with Crippen LogP contribution in [-0.2, 0) is 6.00 Å². The van der Waals surface area contributed by atoms with Crippen molar-refractivity contribution in [3.05, 3.63) is 70.4 Å². The molecular formula is C17H13Cl2N3O. The zero-order valence-electron chi connectivity index (χ0n) is 12.3. The van der Waals surface area contributed by atoms with E-state index in [-0.39, 0.29) is 11.8 Å². The summed E-state index contributed by atoms with van der Waals surface area (Å²) in [7, 11) is 0. The van der Waals surface area contributed by atoms with Gasteiger partial charge in [-0.2, -0.15) is 0 Å². The van der Waals surface area contributed by atoms with E-state index in [1.54, 1.807) is 35.0 Å². The van der Waals surface area contributed by atoms with Gasteiger partial charge in [-0.25, -0.2) is 4.68 Å². The van der Waals surface area contributed by atoms with Crippen molar-refractivity contribution in [1.29, 1.82) is 0 Å². The number of aromatic nitrogens is 3. The van der Waals surface area contributed by atoms with Crippen molar-refractivity contribution in [2.45, 2.75) is 12.9 Å². The topological polar surface area (TPSA) is 47.8 Å². The molecule has 0 spiro atoms. The van der Waals surface area contributed by atoms with E-state index in [0.717, 1.165) is 11.3 Å². The number of carbonyl (C=O) groups is 1. The summed E-state index contributed by atoms with van der Waals surface area (Å²) in [5, 5.41) is 8.47. The van der Waals surface area contributed by atoms with Gasteiger partial charge in [0.15, 0.2) is 5.78 Å². The van der Waals surface area contributed by atoms with E-state index in [2.05, 4.69) is 10.3 Å². The van der Waals surface area contributed by atoms with Crippen LogP contribution in [0.4, 0.5) is 0 Å². The minimum Gasteiger partial charge on any atom is -0.289 e. The monoisotopic (exact) mass is 345 g/mol. The molecule has 4 nitrogen and oxygen atoms in total. The number of halogens is 2. The maximum absolute atomic E-state index is 12.9. The molecule has 0 saturated carbocycles. The van der Waals surface area contributed by atoms with Crippen molar-refractivity contribution in [2.24, 2.45) is 0 Å². The Hall–Kier alpha value is -2.17. The van der Waals surface area contributed by atoms with Gasteiger partial charge < -0.3 is 0 Å². The summed E-state index contributed by atoms with van der Waals surface area (Å²) in [4.78, 5) is 12.9. The second kappa shape index (κ2) is 6.52. The zero-order valence-corrected chi connectivity index (χ0v) is 13.8. The van der Waals surface area contributed by atoms with Crippen LogP contribution in [0.5, 0.6) is 0 Å². The molecule has 0 bridgehead atoms. The van der Waals surface area contributed by atoms with Crippen LogP contribution in [0.3, 0.4) is 0 Å². The second-order valence-electron chi connectivity index (χ2n) is 5.00. The summed E-state index contributed by atoms with van der Waals surface area (Å²) >= 11 is 12.1. The Morgan fingerprint density at radius 3 is 2.43 bits per heavy atom. The van der Waals surface area contributed by atoms with Crippen LogP contribution in [0.15, 0.2) is 48.5 Å². The Labute approximate surface area is 143 Å². The normalized spacial score (nSPS) is 10.7. The number of nitrogens with zero attached hydrogens (tertiary/aromatic N) is 3. The summed E-state index contributed by atoms with van der Waals surface area (Å²) in [6.45, 7) is 1.84. The van der Waals surface area contributed by atoms with E-state index in [4.69, 9.17) is 23.2 Å². The third-order valence-corrected chi connectivity index (χ3v) is 4.12. The Balaban J connectivity index is 2.18. The molecule has 0 aliphatic heterocycles. The van der Waals surface area contributed by atoms with Crippen molar-refractivity contribution in [3.63, 3.8) is 0 Å². The fourth-order valence-corrected chi connectivity index (χ4v) is 2.88. The predicted molar refractivity (Wildman–Crippen MR) is 90.9 cm³/mol. The minimum atomic E-state index is -0.145. The molecule has 1 heterocycles. The van der Waals surface area contributed by atoms with E-state index in [0.29, 0.717) is 21.8 Å². The molecule has 0 amide bonds. The Morgan fingerprint density at radius 2 is 1.74 bits per heavy atom. The van der Waals surface area contributed by atoms with E-state index >= 15 is 0 Å². The van der Waals surface area contributed by atoms with Crippen LogP contribution in [-0.4, -0.2) is 20.8 Å². The molecule has 0 atom stereocenters. The lowest BCUT2D eigenvalue weighted by molar-refractivity contribution is 0.103. The summed E-state index contributed by atoms with van der Waals surface area (Å²) in [5.41, 5.74) is 3.18. The van der Waals surface area contributed by atoms with Crippen molar-refractivity contribution >= 4 is 29.0 Å². The van der Waals surface area contributed by atoms with Crippen molar-refractivity contribution in [3.8, 4) is 11.3 Å². The number of carbonyl (C=O) groups excluding carboxylic acids is 1. The van der Waals surface area contributed by atoms with Gasteiger partial charge in [-0.05, 0) is 19.1 Å². The molecular weight excluding hydrogens is 333 g/mol. The zero-order chi connectivity index (χ0) is 16.4. The molecule has 6 heteroatoms. The van der Waals surface area contributed by atoms with E-state index in [1.165, 1.54) is 0 Å². The molecule has 0 aliphatic rings. The average molecular weight is 346 g/mol. The summed E-state index contributed by atoms with van der Waals surface area (Å²) in [6, 6.07) is 14.5. The molecule has 0 aliphatic carbocycles. The number of benzene rings is 2. The molecule has 0 saturated heterocycles. The Bertz CT molecular complexity index is 874. The lowest BCUT2D eigenvalue weighted by atomic mass is 9.96. The lowest BCUT2D eigenvalue weighted by Gasteiger charge is -2.11. The summed E-state index contributed by atoms with van der Waals surface area (Å²) in [6.07, 6.45) is 0. The molecule has 23 heavy (non-hydrogen) atoms. The smallest absolute Gasteiger partial charge is 0.195 e. The van der Waals surface area contributed by atoms with Crippen molar-refractivity contribution < 1.29 is 4.79 Å². The van der Waals surface area contributed by atoms with Crippen LogP contribution < -0.4 is 0 Å². The maximum atomic E-state index is 12.9. The Kier molecular flexibility index (Phi) is 4.46. The van der Waals surface area contributed by atoms with E-state index in [1.807, 2.05) is 25.1 Å². The molecule has 2 aromatic carbocycles. The van der Waals surface area contributed by atoms with Crippen LogP contribution in [0.25, 0.3) is 11.3 Å². The third-order valence-electron chi connectivity index (χ3n) is 3.56. The molecule has 0 unspecified atom stereocenters. The van der Waals surface area contributed by atoms with Gasteiger partial charge in [-0.3, -0.25) is 4.79 Å². The van der Waals surface area contributed by atoms with Gasteiger partial charge >= 0.3 is 0 Å². The third kappa shape index (κ3) is 2.87. The highest BCUT2D eigenvalue weighted by Crippen LogP contribution is 2.29. The van der Waals surface area contributed by atoms with Gasteiger partial charge in [-0.1, -0.05) is 53.2 Å². The number of hydrogen-bond acceptors (Lipinski definition) is 3. The average Bonchev–Trinajstić information content (AvgIpc) is 2.95. The largest absolute Gasteiger partial charge is 0.289 e. The van der Waals surface area contributed by atoms with Gasteiger partial charge in [-0.15, -0.1) is 16.7 Å². The van der Waals surface area contributed by atoms with E-state index in [9.17, 15) is 4.79 Å². The molecule has 0 N–H and O–H groups in total. The highest BCUT2D eigenvalue weighted by Gasteiger charge is 2.20. The van der Waals surface area contributed by atoms with E-state index < -0.39 is 0 Å². The fourth-order valence-electron chi connectivity index (χ4n) is 2.50. The van der Waals surface area contributed by atoms with Crippen LogP contribution >= 0.6 is 23.2 Å². The van der Waals surface area contributed by atoms with Gasteiger partial charge in [0.1, 0.15) is 6.00 Å². The molecule has 0 radical (unpaired) electrons. The predicted octanol–water partition coefficient (Wildman–Crippen LogP) is 4.33. The quantitative estimate of drug-likeness (QED) is 0.522. The Morgan fingerprint density at radius 1 is 1.09 bits per heavy atom. The fraction of sp³-hybridized carbons (Fsp3) is 0.118. The second-order valence-corrected chi connectivity index (χ2v) is 5.64. The molecule has 3 aromatic rings. The van der Waals surface area contributed by atoms with Gasteiger partial charge in [0.05, 0.1) is 16.4 Å². The molecule has 116 valence electrons. The standard InChI is InChI=1S/C17H13Cl2N3O/c1-11-16(22(10-18)21-20-11)12-6-2-3-7-13(12)17(23)14-8-4-5-9-15(14)19/h2-9H,10H2,1H3. The number of aryl methyl sites for hydroxylation is 1. The molecule has 3 rings (SSSR count). The molecule has 0 fully saturated rings. The highest BCUT2D eigenvalue weighted by atomic mass is 35.5. The first-order chi connectivity index (χ1) is 11.1. The minimum absolute atomic E-state index is 0.145. The SMILES string of the molecule is Cc1nnn(CCl)c1-c1ccccc1C(=O)c1ccccc1Cl. The van der Waals surface area contributed by atoms with Gasteiger partial charge in [0, 0.05) is 16.7 Å². The number of ketones is 1. The molecule has 1 aromatic heterocycles. The summed E-state index contributed by atoms with van der Waals surface area (Å²) in [5.74, 6) is -0.145. The number of hydrogen-bond donors (Lipinski definition) is 0. The van der Waals surface area contributed by atoms with Crippen LogP contribution in [0, 0.1) is 6.92 Å². The highest BCUT2D eigenvalue weighted by molar-refractivity contribution is 6.35. The van der Waals surface area contributed by atoms with Gasteiger partial charge in [0.2, 0.25) is 0 Å². The van der Waals surface area contributed by atoms with Gasteiger partial charge in [0.25, 0.3) is 0 Å². The first kappa shape index (κ1) is 15.7. The lowest BCUT2D eigenvalue weighted by Crippen LogP contribution is -2.07. The van der Waals surface area contributed by atoms with Crippen molar-refractivity contribution in [1.82, 2.24) is 15.0 Å². The number of alkyl halides is 1. The first-order valence-electron chi connectivity index (χ1n) is 6.98. The maximum Gasteiger partial charge on any atom is 0.195 e. The summed E-state index contributed by atoms with van der Waals surface area (Å²) < 4.78 is 1.57. The first-order valence-corrected chi connectivity index (χ1v) is 7.89.